The molecule has 1 aromatic heterocycles. The molecule has 90 valence electrons. The largest absolute Gasteiger partial charge is 0.354 e. The summed E-state index contributed by atoms with van der Waals surface area (Å²) in [6.07, 6.45) is 1.75. The Labute approximate surface area is 100 Å². The number of hydrogen-bond donors (Lipinski definition) is 2. The van der Waals surface area contributed by atoms with Crippen molar-refractivity contribution in [3.05, 3.63) is 15.6 Å². The van der Waals surface area contributed by atoms with Gasteiger partial charge in [-0.05, 0) is 20.3 Å². The van der Waals surface area contributed by atoms with Gasteiger partial charge in [-0.1, -0.05) is 6.92 Å². The van der Waals surface area contributed by atoms with Crippen molar-refractivity contribution in [1.82, 2.24) is 10.3 Å². The second-order valence-corrected chi connectivity index (χ2v) is 5.08. The number of aryl methyl sites for hydroxylation is 2. The van der Waals surface area contributed by atoms with Gasteiger partial charge >= 0.3 is 0 Å². The number of rotatable bonds is 5. The van der Waals surface area contributed by atoms with Crippen LogP contribution in [0.25, 0.3) is 0 Å². The molecule has 0 saturated carbocycles. The molecular weight excluding hydrogens is 222 g/mol. The van der Waals surface area contributed by atoms with Crippen LogP contribution in [-0.2, 0) is 17.6 Å². The fraction of sp³-hybridized carbons (Fsp3) is 0.636. The summed E-state index contributed by atoms with van der Waals surface area (Å²) in [5.74, 6) is -0.107. The number of carbonyl (C=O) groups is 1. The van der Waals surface area contributed by atoms with Crippen molar-refractivity contribution in [3.63, 3.8) is 0 Å². The zero-order chi connectivity index (χ0) is 12.1. The maximum Gasteiger partial charge on any atom is 0.236 e. The maximum atomic E-state index is 11.2. The van der Waals surface area contributed by atoms with Crippen molar-refractivity contribution in [1.29, 1.82) is 0 Å². The molecule has 1 aromatic rings. The van der Waals surface area contributed by atoms with E-state index in [9.17, 15) is 4.79 Å². The van der Waals surface area contributed by atoms with Crippen LogP contribution in [0.15, 0.2) is 0 Å². The first-order valence-electron chi connectivity index (χ1n) is 5.53. The van der Waals surface area contributed by atoms with Gasteiger partial charge in [-0.15, -0.1) is 11.3 Å². The van der Waals surface area contributed by atoms with Gasteiger partial charge in [-0.3, -0.25) is 4.79 Å². The molecule has 0 aliphatic rings. The Hall–Kier alpha value is -0.940. The van der Waals surface area contributed by atoms with E-state index >= 15 is 0 Å². The molecule has 0 radical (unpaired) electrons. The van der Waals surface area contributed by atoms with Crippen LogP contribution in [0.4, 0.5) is 0 Å². The molecule has 0 unspecified atom stereocenters. The highest BCUT2D eigenvalue weighted by molar-refractivity contribution is 7.11. The Bertz CT molecular complexity index is 360. The minimum Gasteiger partial charge on any atom is -0.354 e. The molecule has 4 nitrogen and oxygen atoms in total. The summed E-state index contributed by atoms with van der Waals surface area (Å²) in [5, 5.41) is 3.86. The van der Waals surface area contributed by atoms with Crippen LogP contribution < -0.4 is 11.1 Å². The molecule has 16 heavy (non-hydrogen) atoms. The summed E-state index contributed by atoms with van der Waals surface area (Å²) in [7, 11) is 0. The van der Waals surface area contributed by atoms with Crippen LogP contribution in [0, 0.1) is 6.92 Å². The minimum absolute atomic E-state index is 0.107. The molecule has 5 heteroatoms. The van der Waals surface area contributed by atoms with E-state index in [0.717, 1.165) is 17.8 Å². The number of nitrogens with two attached hydrogens (primary N) is 1. The second kappa shape index (κ2) is 5.96. The molecular formula is C11H19N3OS. The molecule has 0 bridgehead atoms. The van der Waals surface area contributed by atoms with Crippen molar-refractivity contribution in [3.8, 4) is 0 Å². The molecule has 1 rings (SSSR count). The van der Waals surface area contributed by atoms with E-state index in [4.69, 9.17) is 5.73 Å². The van der Waals surface area contributed by atoms with Gasteiger partial charge in [0.2, 0.25) is 5.91 Å². The lowest BCUT2D eigenvalue weighted by Gasteiger charge is -2.05. The summed E-state index contributed by atoms with van der Waals surface area (Å²) in [5.41, 5.74) is 6.61. The quantitative estimate of drug-likeness (QED) is 0.808. The van der Waals surface area contributed by atoms with E-state index in [1.807, 2.05) is 0 Å². The van der Waals surface area contributed by atoms with Crippen molar-refractivity contribution >= 4 is 17.2 Å². The third kappa shape index (κ3) is 3.57. The maximum absolute atomic E-state index is 11.2. The summed E-state index contributed by atoms with van der Waals surface area (Å²) < 4.78 is 0. The molecule has 0 aromatic carbocycles. The molecule has 0 saturated heterocycles. The van der Waals surface area contributed by atoms with Gasteiger partial charge in [-0.25, -0.2) is 4.98 Å². The van der Waals surface area contributed by atoms with Crippen LogP contribution >= 0.6 is 11.3 Å². The zero-order valence-electron chi connectivity index (χ0n) is 10.0. The zero-order valence-corrected chi connectivity index (χ0v) is 10.9. The van der Waals surface area contributed by atoms with E-state index < -0.39 is 6.04 Å². The van der Waals surface area contributed by atoms with Gasteiger partial charge in [0, 0.05) is 17.8 Å². The first kappa shape index (κ1) is 13.1. The summed E-state index contributed by atoms with van der Waals surface area (Å²) >= 11 is 1.71. The highest BCUT2D eigenvalue weighted by Crippen LogP contribution is 2.17. The topological polar surface area (TPSA) is 68.0 Å². The van der Waals surface area contributed by atoms with Gasteiger partial charge in [0.15, 0.2) is 0 Å². The van der Waals surface area contributed by atoms with E-state index in [2.05, 4.69) is 24.1 Å². The van der Waals surface area contributed by atoms with Crippen LogP contribution in [0.3, 0.4) is 0 Å². The van der Waals surface area contributed by atoms with Gasteiger partial charge < -0.3 is 11.1 Å². The van der Waals surface area contributed by atoms with E-state index in [1.54, 1.807) is 18.3 Å². The van der Waals surface area contributed by atoms with Crippen molar-refractivity contribution in [2.75, 3.05) is 6.54 Å². The highest BCUT2D eigenvalue weighted by Gasteiger charge is 2.08. The molecule has 0 spiro atoms. The fourth-order valence-corrected chi connectivity index (χ4v) is 2.40. The number of amides is 1. The van der Waals surface area contributed by atoms with Crippen LogP contribution in [0.2, 0.25) is 0 Å². The second-order valence-electron chi connectivity index (χ2n) is 3.79. The molecule has 0 fully saturated rings. The lowest BCUT2D eigenvalue weighted by molar-refractivity contribution is -0.121. The molecule has 1 heterocycles. The number of nitrogens with zero attached hydrogens (tertiary/aromatic N) is 1. The molecule has 3 N–H and O–H groups in total. The monoisotopic (exact) mass is 241 g/mol. The Morgan fingerprint density at radius 1 is 1.62 bits per heavy atom. The van der Waals surface area contributed by atoms with Crippen molar-refractivity contribution in [2.24, 2.45) is 5.73 Å². The predicted octanol–water partition coefficient (Wildman–Crippen LogP) is 1.02. The van der Waals surface area contributed by atoms with E-state index in [1.165, 1.54) is 10.6 Å². The normalized spacial score (nSPS) is 12.5. The first-order chi connectivity index (χ1) is 7.54. The van der Waals surface area contributed by atoms with Crippen molar-refractivity contribution in [2.45, 2.75) is 39.7 Å². The lowest BCUT2D eigenvalue weighted by Crippen LogP contribution is -2.39. The third-order valence-electron chi connectivity index (χ3n) is 2.32. The Morgan fingerprint density at radius 3 is 2.81 bits per heavy atom. The van der Waals surface area contributed by atoms with Gasteiger partial charge in [0.1, 0.15) is 0 Å². The number of thiazole rings is 1. The smallest absolute Gasteiger partial charge is 0.236 e. The molecule has 1 amide bonds. The summed E-state index contributed by atoms with van der Waals surface area (Å²) in [6, 6.07) is -0.441. The van der Waals surface area contributed by atoms with Crippen molar-refractivity contribution < 1.29 is 4.79 Å². The lowest BCUT2D eigenvalue weighted by atomic mass is 10.3. The van der Waals surface area contributed by atoms with Crippen LogP contribution in [-0.4, -0.2) is 23.5 Å². The Morgan fingerprint density at radius 2 is 2.31 bits per heavy atom. The third-order valence-corrected chi connectivity index (χ3v) is 3.40. The number of nitrogens with one attached hydrogen (secondary N) is 1. The first-order valence-corrected chi connectivity index (χ1v) is 6.34. The molecule has 0 aliphatic carbocycles. The Kier molecular flexibility index (Phi) is 4.89. The minimum atomic E-state index is -0.441. The van der Waals surface area contributed by atoms with Gasteiger partial charge in [0.05, 0.1) is 16.7 Å². The highest BCUT2D eigenvalue weighted by atomic mass is 32.1. The summed E-state index contributed by atoms with van der Waals surface area (Å²) in [4.78, 5) is 17.0. The molecule has 1 atom stereocenters. The fourth-order valence-electron chi connectivity index (χ4n) is 1.38. The average molecular weight is 241 g/mol. The average Bonchev–Trinajstić information content (AvgIpc) is 2.58. The number of carbonyl (C=O) groups excluding carboxylic acids is 1. The standard InChI is InChI=1S/C11H19N3OS/c1-4-9-8(3)16-10(14-9)5-6-13-11(15)7(2)12/h7H,4-6,12H2,1-3H3,(H,13,15)/t7-/m1/s1. The SMILES string of the molecule is CCc1nc(CCNC(=O)[C@@H](C)N)sc1C. The summed E-state index contributed by atoms with van der Waals surface area (Å²) in [6.45, 7) is 6.47. The molecule has 0 aliphatic heterocycles. The number of hydrogen-bond acceptors (Lipinski definition) is 4. The van der Waals surface area contributed by atoms with Gasteiger partial charge in [-0.2, -0.15) is 0 Å². The van der Waals surface area contributed by atoms with Crippen LogP contribution in [0.5, 0.6) is 0 Å². The number of aromatic nitrogens is 1. The van der Waals surface area contributed by atoms with E-state index in [0.29, 0.717) is 6.54 Å². The Balaban J connectivity index is 2.40. The predicted molar refractivity (Wildman–Crippen MR) is 66.6 cm³/mol. The van der Waals surface area contributed by atoms with Gasteiger partial charge in [0.25, 0.3) is 0 Å². The van der Waals surface area contributed by atoms with E-state index in [-0.39, 0.29) is 5.91 Å². The van der Waals surface area contributed by atoms with Crippen LogP contribution in [0.1, 0.15) is 29.4 Å².